The Labute approximate surface area is 164 Å². The quantitative estimate of drug-likeness (QED) is 0.532. The molecule has 1 amide bonds. The molecule has 146 valence electrons. The predicted molar refractivity (Wildman–Crippen MR) is 107 cm³/mol. The van der Waals surface area contributed by atoms with Gasteiger partial charge in [0, 0.05) is 29.2 Å². The summed E-state index contributed by atoms with van der Waals surface area (Å²) in [6.45, 7) is 0.510. The number of carbonyl (C=O) groups excluding carboxylic acids is 1. The van der Waals surface area contributed by atoms with Gasteiger partial charge in [0.15, 0.2) is 0 Å². The summed E-state index contributed by atoms with van der Waals surface area (Å²) in [7, 11) is 1.71. The Morgan fingerprint density at radius 1 is 1.28 bits per heavy atom. The van der Waals surface area contributed by atoms with Gasteiger partial charge in [-0.05, 0) is 29.8 Å². The number of amides is 1. The maximum atomic E-state index is 15.4. The molecule has 0 spiro atoms. The zero-order chi connectivity index (χ0) is 20.1. The summed E-state index contributed by atoms with van der Waals surface area (Å²) in [6.07, 6.45) is 2.19. The minimum Gasteiger partial charge on any atom is -0.375 e. The number of anilines is 1. The molecule has 0 atom stereocenters. The average Bonchev–Trinajstić information content (AvgIpc) is 2.97. The topological polar surface area (TPSA) is 78.2 Å². The van der Waals surface area contributed by atoms with Crippen LogP contribution >= 0.6 is 0 Å². The van der Waals surface area contributed by atoms with Gasteiger partial charge in [-0.2, -0.15) is 0 Å². The van der Waals surface area contributed by atoms with Gasteiger partial charge in [0.25, 0.3) is 0 Å². The summed E-state index contributed by atoms with van der Waals surface area (Å²) in [4.78, 5) is 28.2. The zero-order valence-electron chi connectivity index (χ0n) is 15.6. The van der Waals surface area contributed by atoms with Crippen LogP contribution in [0.5, 0.6) is 0 Å². The molecule has 8 heteroatoms. The molecule has 1 aliphatic rings. The van der Waals surface area contributed by atoms with Gasteiger partial charge in [-0.25, -0.2) is 9.18 Å². The van der Waals surface area contributed by atoms with E-state index in [0.29, 0.717) is 35.3 Å². The van der Waals surface area contributed by atoms with Crippen molar-refractivity contribution >= 4 is 34.0 Å². The van der Waals surface area contributed by atoms with Crippen LogP contribution in [0, 0.1) is 5.82 Å². The fourth-order valence-electron chi connectivity index (χ4n) is 3.97. The molecule has 0 radical (unpaired) electrons. The highest BCUT2D eigenvalue weighted by molar-refractivity contribution is 6.04. The highest BCUT2D eigenvalue weighted by Crippen LogP contribution is 2.33. The van der Waals surface area contributed by atoms with E-state index in [4.69, 9.17) is 4.74 Å². The van der Waals surface area contributed by atoms with Crippen LogP contribution in [0.3, 0.4) is 0 Å². The first-order valence-electron chi connectivity index (χ1n) is 9.18. The van der Waals surface area contributed by atoms with Crippen LogP contribution in [0.1, 0.15) is 5.56 Å². The van der Waals surface area contributed by atoms with Crippen LogP contribution < -0.4 is 11.0 Å². The average molecular weight is 392 g/mol. The largest absolute Gasteiger partial charge is 0.375 e. The van der Waals surface area contributed by atoms with Crippen LogP contribution in [0.2, 0.25) is 0 Å². The van der Waals surface area contributed by atoms with Crippen molar-refractivity contribution < 1.29 is 13.9 Å². The number of carbonyl (C=O) groups is 1. The van der Waals surface area contributed by atoms with Crippen LogP contribution in [-0.4, -0.2) is 27.1 Å². The molecule has 29 heavy (non-hydrogen) atoms. The number of fused-ring (bicyclic) bond motifs is 4. The van der Waals surface area contributed by atoms with Gasteiger partial charge in [0.05, 0.1) is 42.5 Å². The van der Waals surface area contributed by atoms with Crippen LogP contribution in [-0.2, 0) is 29.7 Å². The fraction of sp³-hybridized carbons (Fsp3) is 0.190. The minimum atomic E-state index is -0.442. The lowest BCUT2D eigenvalue weighted by atomic mass is 9.99. The molecular formula is C21H17FN4O3. The highest BCUT2D eigenvalue weighted by Gasteiger charge is 2.19. The van der Waals surface area contributed by atoms with Crippen molar-refractivity contribution in [2.24, 2.45) is 7.05 Å². The van der Waals surface area contributed by atoms with Crippen LogP contribution in [0.15, 0.2) is 41.3 Å². The van der Waals surface area contributed by atoms with Gasteiger partial charge in [0.2, 0.25) is 6.41 Å². The summed E-state index contributed by atoms with van der Waals surface area (Å²) in [5, 5.41) is 3.30. The number of nitrogens with zero attached hydrogens (tertiary/aromatic N) is 3. The predicted octanol–water partition coefficient (Wildman–Crippen LogP) is 2.79. The van der Waals surface area contributed by atoms with Crippen molar-refractivity contribution in [3.8, 4) is 11.1 Å². The number of ether oxygens (including phenoxy) is 1. The van der Waals surface area contributed by atoms with Crippen molar-refractivity contribution in [3.63, 3.8) is 0 Å². The highest BCUT2D eigenvalue weighted by atomic mass is 19.1. The fourth-order valence-corrected chi connectivity index (χ4v) is 3.97. The van der Waals surface area contributed by atoms with E-state index in [9.17, 15) is 9.59 Å². The Bertz CT molecular complexity index is 1360. The smallest absolute Gasteiger partial charge is 0.328 e. The first-order valence-corrected chi connectivity index (χ1v) is 9.18. The molecule has 7 nitrogen and oxygen atoms in total. The standard InChI is InChI=1S/C21H17FN4O3/c1-25-18-9-23-16-4-2-12-8-14(16)20(18)26(21(25)28)6-7-29-10-15-17(24-11-27)5-3-13(12)19(15)22/h2-5,8-9,11H,6-7,10H2,1H3,(H,24,27). The normalized spacial score (nSPS) is 13.6. The summed E-state index contributed by atoms with van der Waals surface area (Å²) in [5.41, 5.74) is 3.72. The van der Waals surface area contributed by atoms with Gasteiger partial charge >= 0.3 is 5.69 Å². The molecule has 0 aliphatic carbocycles. The molecule has 3 heterocycles. The van der Waals surface area contributed by atoms with Gasteiger partial charge in [-0.3, -0.25) is 18.9 Å². The molecule has 5 rings (SSSR count). The lowest BCUT2D eigenvalue weighted by Gasteiger charge is -2.16. The molecular weight excluding hydrogens is 375 g/mol. The molecule has 0 saturated heterocycles. The molecule has 2 aromatic heterocycles. The second kappa shape index (κ2) is 6.52. The van der Waals surface area contributed by atoms with E-state index in [1.807, 2.05) is 12.1 Å². The van der Waals surface area contributed by atoms with Crippen molar-refractivity contribution in [2.75, 3.05) is 11.9 Å². The maximum Gasteiger partial charge on any atom is 0.328 e. The molecule has 4 aromatic rings. The van der Waals surface area contributed by atoms with Crippen molar-refractivity contribution in [1.82, 2.24) is 14.1 Å². The first kappa shape index (κ1) is 17.6. The Balaban J connectivity index is 1.87. The third-order valence-corrected chi connectivity index (χ3v) is 5.44. The number of benzene rings is 2. The summed E-state index contributed by atoms with van der Waals surface area (Å²) < 4.78 is 24.3. The summed E-state index contributed by atoms with van der Waals surface area (Å²) in [6, 6.07) is 8.78. The van der Waals surface area contributed by atoms with Crippen molar-refractivity contribution in [1.29, 1.82) is 0 Å². The lowest BCUT2D eigenvalue weighted by molar-refractivity contribution is -0.105. The first-order chi connectivity index (χ1) is 14.1. The number of hydrogen-bond acceptors (Lipinski definition) is 4. The van der Waals surface area contributed by atoms with E-state index in [2.05, 4.69) is 10.3 Å². The van der Waals surface area contributed by atoms with E-state index in [1.54, 1.807) is 40.6 Å². The molecule has 0 fully saturated rings. The molecule has 4 bridgehead atoms. The number of pyridine rings is 1. The molecule has 1 aliphatic heterocycles. The third-order valence-electron chi connectivity index (χ3n) is 5.44. The van der Waals surface area contributed by atoms with E-state index in [1.165, 1.54) is 0 Å². The van der Waals surface area contributed by atoms with Crippen LogP contribution in [0.4, 0.5) is 10.1 Å². The maximum absolute atomic E-state index is 15.4. The number of imidazole rings is 1. The van der Waals surface area contributed by atoms with E-state index in [0.717, 1.165) is 16.4 Å². The van der Waals surface area contributed by atoms with E-state index >= 15 is 4.39 Å². The van der Waals surface area contributed by atoms with Gasteiger partial charge in [0.1, 0.15) is 5.82 Å². The number of aromatic nitrogens is 3. The Morgan fingerprint density at radius 2 is 2.14 bits per heavy atom. The number of halogens is 1. The number of nitrogens with one attached hydrogen (secondary N) is 1. The van der Waals surface area contributed by atoms with Gasteiger partial charge < -0.3 is 10.1 Å². The number of hydrogen-bond donors (Lipinski definition) is 1. The minimum absolute atomic E-state index is 0.0218. The molecule has 0 saturated carbocycles. The molecule has 0 unspecified atom stereocenters. The van der Waals surface area contributed by atoms with E-state index in [-0.39, 0.29) is 24.5 Å². The molecule has 1 N–H and O–H groups in total. The second-order valence-electron chi connectivity index (χ2n) is 6.99. The summed E-state index contributed by atoms with van der Waals surface area (Å²) in [5.74, 6) is -0.442. The Hall–Kier alpha value is -3.52. The van der Waals surface area contributed by atoms with Gasteiger partial charge in [-0.15, -0.1) is 0 Å². The van der Waals surface area contributed by atoms with Gasteiger partial charge in [-0.1, -0.05) is 6.07 Å². The third kappa shape index (κ3) is 2.56. The number of aryl methyl sites for hydroxylation is 1. The Morgan fingerprint density at radius 3 is 2.97 bits per heavy atom. The number of rotatable bonds is 2. The SMILES string of the molecule is Cn1c(=O)n2c3c4cc(ccc4ncc31)-c1ccc(NC=O)c(c1F)COCC2. The second-order valence-corrected chi connectivity index (χ2v) is 6.99. The molecule has 2 aromatic carbocycles. The Kier molecular flexibility index (Phi) is 3.95. The monoisotopic (exact) mass is 392 g/mol. The van der Waals surface area contributed by atoms with Crippen LogP contribution in [0.25, 0.3) is 33.1 Å². The lowest BCUT2D eigenvalue weighted by Crippen LogP contribution is -2.24. The summed E-state index contributed by atoms with van der Waals surface area (Å²) >= 11 is 0. The van der Waals surface area contributed by atoms with Crippen molar-refractivity contribution in [3.05, 3.63) is 58.4 Å². The zero-order valence-corrected chi connectivity index (χ0v) is 15.6. The van der Waals surface area contributed by atoms with Crippen molar-refractivity contribution in [2.45, 2.75) is 13.2 Å². The van der Waals surface area contributed by atoms with E-state index < -0.39 is 5.82 Å².